The van der Waals surface area contributed by atoms with Gasteiger partial charge in [0.2, 0.25) is 0 Å². The Balaban J connectivity index is 4.45. The van der Waals surface area contributed by atoms with Crippen LogP contribution in [0.3, 0.4) is 0 Å². The number of nitrogens with one attached hydrogen (secondary N) is 1. The predicted molar refractivity (Wildman–Crippen MR) is 73.9 cm³/mol. The summed E-state index contributed by atoms with van der Waals surface area (Å²) in [5.74, 6) is 0. The van der Waals surface area contributed by atoms with Crippen LogP contribution in [0.2, 0.25) is 0 Å². The molecule has 16 heavy (non-hydrogen) atoms. The first-order valence-electron chi connectivity index (χ1n) is 6.80. The smallest absolute Gasteiger partial charge is 0.0243 e. The normalized spacial score (nSPS) is 14.8. The maximum absolute atomic E-state index is 3.62. The molecule has 0 saturated carbocycles. The minimum Gasteiger partial charge on any atom is -0.312 e. The molecular formula is C14H32N2. The van der Waals surface area contributed by atoms with Gasteiger partial charge in [0.05, 0.1) is 0 Å². The van der Waals surface area contributed by atoms with Crippen LogP contribution in [0.5, 0.6) is 0 Å². The molecule has 1 unspecified atom stereocenters. The van der Waals surface area contributed by atoms with Gasteiger partial charge in [-0.1, -0.05) is 34.6 Å². The maximum Gasteiger partial charge on any atom is 0.0243 e. The van der Waals surface area contributed by atoms with Crippen LogP contribution in [0, 0.1) is 5.41 Å². The summed E-state index contributed by atoms with van der Waals surface area (Å²) >= 11 is 0. The van der Waals surface area contributed by atoms with Crippen LogP contribution in [0.15, 0.2) is 0 Å². The zero-order chi connectivity index (χ0) is 12.8. The van der Waals surface area contributed by atoms with Gasteiger partial charge in [-0.15, -0.1) is 0 Å². The summed E-state index contributed by atoms with van der Waals surface area (Å²) in [6.07, 6.45) is 1.24. The van der Waals surface area contributed by atoms with Crippen LogP contribution < -0.4 is 5.32 Å². The van der Waals surface area contributed by atoms with Crippen molar-refractivity contribution < 1.29 is 0 Å². The Hall–Kier alpha value is -0.0800. The number of hydrogen-bond acceptors (Lipinski definition) is 2. The second-order valence-corrected chi connectivity index (χ2v) is 6.06. The van der Waals surface area contributed by atoms with Crippen molar-refractivity contribution in [3.8, 4) is 0 Å². The van der Waals surface area contributed by atoms with E-state index in [2.05, 4.69) is 58.7 Å². The fourth-order valence-corrected chi connectivity index (χ4v) is 1.97. The first kappa shape index (κ1) is 15.9. The molecule has 0 heterocycles. The summed E-state index contributed by atoms with van der Waals surface area (Å²) in [6.45, 7) is 19.4. The highest BCUT2D eigenvalue weighted by atomic mass is 15.2. The Labute approximate surface area is 103 Å². The monoisotopic (exact) mass is 228 g/mol. The molecule has 0 radical (unpaired) electrons. The largest absolute Gasteiger partial charge is 0.312 e. The van der Waals surface area contributed by atoms with Crippen molar-refractivity contribution in [2.75, 3.05) is 19.6 Å². The average molecular weight is 228 g/mol. The highest BCUT2D eigenvalue weighted by Crippen LogP contribution is 2.20. The van der Waals surface area contributed by atoms with Crippen LogP contribution in [0.25, 0.3) is 0 Å². The third-order valence-electron chi connectivity index (χ3n) is 3.15. The van der Waals surface area contributed by atoms with Gasteiger partial charge in [-0.2, -0.15) is 0 Å². The zero-order valence-corrected chi connectivity index (χ0v) is 12.4. The van der Waals surface area contributed by atoms with Crippen LogP contribution in [-0.4, -0.2) is 36.6 Å². The molecule has 0 aromatic rings. The molecule has 98 valence electrons. The van der Waals surface area contributed by atoms with E-state index in [1.165, 1.54) is 13.0 Å². The minimum atomic E-state index is 0.330. The zero-order valence-electron chi connectivity index (χ0n) is 12.4. The molecule has 2 nitrogen and oxygen atoms in total. The van der Waals surface area contributed by atoms with E-state index in [0.29, 0.717) is 17.5 Å². The highest BCUT2D eigenvalue weighted by molar-refractivity contribution is 4.84. The van der Waals surface area contributed by atoms with Crippen LogP contribution in [0.1, 0.15) is 54.9 Å². The first-order chi connectivity index (χ1) is 7.32. The lowest BCUT2D eigenvalue weighted by molar-refractivity contribution is 0.147. The summed E-state index contributed by atoms with van der Waals surface area (Å²) in [7, 11) is 0. The van der Waals surface area contributed by atoms with Crippen LogP contribution >= 0.6 is 0 Å². The van der Waals surface area contributed by atoms with Gasteiger partial charge in [-0.05, 0) is 38.8 Å². The lowest BCUT2D eigenvalue weighted by atomic mass is 9.86. The van der Waals surface area contributed by atoms with E-state index in [1.807, 2.05) is 0 Å². The first-order valence-corrected chi connectivity index (χ1v) is 6.80. The van der Waals surface area contributed by atoms with E-state index in [-0.39, 0.29) is 0 Å². The van der Waals surface area contributed by atoms with Gasteiger partial charge in [0.1, 0.15) is 0 Å². The summed E-state index contributed by atoms with van der Waals surface area (Å²) in [6, 6.07) is 1.22. The van der Waals surface area contributed by atoms with Crippen molar-refractivity contribution in [1.82, 2.24) is 10.2 Å². The Morgan fingerprint density at radius 3 is 2.00 bits per heavy atom. The molecule has 0 aliphatic carbocycles. The van der Waals surface area contributed by atoms with Crippen molar-refractivity contribution in [2.24, 2.45) is 5.41 Å². The van der Waals surface area contributed by atoms with E-state index in [0.717, 1.165) is 13.1 Å². The molecule has 1 N–H and O–H groups in total. The Bertz CT molecular complexity index is 170. The van der Waals surface area contributed by atoms with E-state index >= 15 is 0 Å². The lowest BCUT2D eigenvalue weighted by Crippen LogP contribution is -2.50. The van der Waals surface area contributed by atoms with Crippen molar-refractivity contribution in [2.45, 2.75) is 67.0 Å². The molecule has 0 saturated heterocycles. The Kier molecular flexibility index (Phi) is 7.25. The standard InChI is InChI=1S/C14H32N2/c1-8-10-16(12(3)4)11-13(15-9-2)14(5,6)7/h12-13,15H,8-11H2,1-7H3. The van der Waals surface area contributed by atoms with E-state index < -0.39 is 0 Å². The fourth-order valence-electron chi connectivity index (χ4n) is 1.97. The highest BCUT2D eigenvalue weighted by Gasteiger charge is 2.26. The minimum absolute atomic E-state index is 0.330. The molecule has 0 amide bonds. The molecule has 0 fully saturated rings. The number of nitrogens with zero attached hydrogens (tertiary/aromatic N) is 1. The third kappa shape index (κ3) is 5.86. The van der Waals surface area contributed by atoms with Gasteiger partial charge in [-0.25, -0.2) is 0 Å². The van der Waals surface area contributed by atoms with Gasteiger partial charge in [-0.3, -0.25) is 4.90 Å². The molecule has 0 rings (SSSR count). The van der Waals surface area contributed by atoms with Gasteiger partial charge >= 0.3 is 0 Å². The van der Waals surface area contributed by atoms with Gasteiger partial charge in [0, 0.05) is 18.6 Å². The second kappa shape index (κ2) is 7.29. The average Bonchev–Trinajstić information content (AvgIpc) is 2.14. The second-order valence-electron chi connectivity index (χ2n) is 6.06. The van der Waals surface area contributed by atoms with Crippen molar-refractivity contribution >= 4 is 0 Å². The lowest BCUT2D eigenvalue weighted by Gasteiger charge is -2.37. The van der Waals surface area contributed by atoms with Crippen molar-refractivity contribution in [3.05, 3.63) is 0 Å². The van der Waals surface area contributed by atoms with Gasteiger partial charge in [0.15, 0.2) is 0 Å². The van der Waals surface area contributed by atoms with Crippen LogP contribution in [-0.2, 0) is 0 Å². The number of hydrogen-bond donors (Lipinski definition) is 1. The summed E-state index contributed by atoms with van der Waals surface area (Å²) in [5, 5.41) is 3.62. The van der Waals surface area contributed by atoms with Crippen molar-refractivity contribution in [1.29, 1.82) is 0 Å². The molecule has 0 aliphatic rings. The Morgan fingerprint density at radius 2 is 1.69 bits per heavy atom. The maximum atomic E-state index is 3.62. The molecule has 0 aromatic heterocycles. The van der Waals surface area contributed by atoms with Crippen LogP contribution in [0.4, 0.5) is 0 Å². The van der Waals surface area contributed by atoms with E-state index in [1.54, 1.807) is 0 Å². The SMILES string of the molecule is CCCN(CC(NCC)C(C)(C)C)C(C)C. The number of likely N-dealkylation sites (N-methyl/N-ethyl adjacent to an activating group) is 1. The van der Waals surface area contributed by atoms with Crippen molar-refractivity contribution in [3.63, 3.8) is 0 Å². The Morgan fingerprint density at radius 1 is 1.12 bits per heavy atom. The molecular weight excluding hydrogens is 196 g/mol. The predicted octanol–water partition coefficient (Wildman–Crippen LogP) is 3.13. The molecule has 0 spiro atoms. The summed E-state index contributed by atoms with van der Waals surface area (Å²) < 4.78 is 0. The molecule has 0 aromatic carbocycles. The molecule has 0 bridgehead atoms. The number of rotatable bonds is 7. The fraction of sp³-hybridized carbons (Fsp3) is 1.00. The molecule has 1 atom stereocenters. The summed E-state index contributed by atoms with van der Waals surface area (Å²) in [5.41, 5.74) is 0.330. The summed E-state index contributed by atoms with van der Waals surface area (Å²) in [4.78, 5) is 2.58. The quantitative estimate of drug-likeness (QED) is 0.720. The van der Waals surface area contributed by atoms with Gasteiger partial charge in [0.25, 0.3) is 0 Å². The topological polar surface area (TPSA) is 15.3 Å². The van der Waals surface area contributed by atoms with Gasteiger partial charge < -0.3 is 5.32 Å². The third-order valence-corrected chi connectivity index (χ3v) is 3.15. The molecule has 2 heteroatoms. The van der Waals surface area contributed by atoms with E-state index in [9.17, 15) is 0 Å². The van der Waals surface area contributed by atoms with E-state index in [4.69, 9.17) is 0 Å². The molecule has 0 aliphatic heterocycles.